The molecule has 0 aliphatic carbocycles. The van der Waals surface area contributed by atoms with Crippen molar-refractivity contribution >= 4 is 46.3 Å². The zero-order chi connectivity index (χ0) is 19.0. The maximum atomic E-state index is 13.1. The normalized spacial score (nSPS) is 15.8. The molecule has 0 atom stereocenters. The molecule has 1 aliphatic heterocycles. The van der Waals surface area contributed by atoms with Crippen molar-refractivity contribution in [1.29, 1.82) is 0 Å². The molecule has 0 bridgehead atoms. The van der Waals surface area contributed by atoms with Gasteiger partial charge >= 0.3 is 0 Å². The number of hydrogen-bond donors (Lipinski definition) is 0. The van der Waals surface area contributed by atoms with Gasteiger partial charge in [0.05, 0.1) is 10.6 Å². The Morgan fingerprint density at radius 3 is 2.56 bits per heavy atom. The number of furan rings is 1. The zero-order valence-electron chi connectivity index (χ0n) is 13.7. The number of rotatable bonds is 3. The molecular formula is C20H11ClFNO3S. The first-order valence-corrected chi connectivity index (χ1v) is 9.10. The molecule has 134 valence electrons. The summed E-state index contributed by atoms with van der Waals surface area (Å²) in [6, 6.07) is 15.9. The number of carbonyl (C=O) groups excluding carboxylic acids is 2. The molecule has 3 aromatic rings. The summed E-state index contributed by atoms with van der Waals surface area (Å²) in [5.74, 6) is 0.124. The number of imide groups is 1. The summed E-state index contributed by atoms with van der Waals surface area (Å²) in [6.07, 6.45) is 1.52. The highest BCUT2D eigenvalue weighted by atomic mass is 35.5. The van der Waals surface area contributed by atoms with Crippen LogP contribution in [-0.2, 0) is 4.79 Å². The third-order valence-corrected chi connectivity index (χ3v) is 4.99. The second kappa shape index (κ2) is 7.06. The van der Waals surface area contributed by atoms with E-state index in [1.165, 1.54) is 30.3 Å². The first kappa shape index (κ1) is 17.6. The molecule has 27 heavy (non-hydrogen) atoms. The van der Waals surface area contributed by atoms with E-state index < -0.39 is 17.0 Å². The van der Waals surface area contributed by atoms with Crippen LogP contribution in [0, 0.1) is 5.82 Å². The lowest BCUT2D eigenvalue weighted by molar-refractivity contribution is -0.113. The molecule has 2 amide bonds. The van der Waals surface area contributed by atoms with Gasteiger partial charge < -0.3 is 4.42 Å². The highest BCUT2D eigenvalue weighted by molar-refractivity contribution is 8.19. The largest absolute Gasteiger partial charge is 0.457 e. The van der Waals surface area contributed by atoms with Crippen molar-refractivity contribution in [2.75, 3.05) is 4.90 Å². The van der Waals surface area contributed by atoms with Gasteiger partial charge in [-0.25, -0.2) is 9.29 Å². The highest BCUT2D eigenvalue weighted by Gasteiger charge is 2.36. The number of nitrogens with zero attached hydrogens (tertiary/aromatic N) is 1. The minimum atomic E-state index is -0.475. The summed E-state index contributed by atoms with van der Waals surface area (Å²) in [4.78, 5) is 26.1. The molecule has 4 nitrogen and oxygen atoms in total. The van der Waals surface area contributed by atoms with E-state index in [-0.39, 0.29) is 4.91 Å². The fourth-order valence-corrected chi connectivity index (χ4v) is 3.65. The molecule has 2 aromatic carbocycles. The molecule has 1 fully saturated rings. The molecule has 7 heteroatoms. The number of benzene rings is 2. The van der Waals surface area contributed by atoms with Crippen LogP contribution in [0.1, 0.15) is 5.76 Å². The summed E-state index contributed by atoms with van der Waals surface area (Å²) in [6.45, 7) is 0. The Morgan fingerprint density at radius 1 is 1.04 bits per heavy atom. The molecule has 0 radical (unpaired) electrons. The van der Waals surface area contributed by atoms with Crippen molar-refractivity contribution in [3.63, 3.8) is 0 Å². The first-order valence-electron chi connectivity index (χ1n) is 7.90. The number of hydrogen-bond acceptors (Lipinski definition) is 4. The van der Waals surface area contributed by atoms with Crippen molar-refractivity contribution < 1.29 is 18.4 Å². The van der Waals surface area contributed by atoms with Gasteiger partial charge in [0.25, 0.3) is 11.1 Å². The van der Waals surface area contributed by atoms with E-state index in [0.717, 1.165) is 22.2 Å². The quantitative estimate of drug-likeness (QED) is 0.508. The van der Waals surface area contributed by atoms with E-state index in [9.17, 15) is 14.0 Å². The molecule has 4 rings (SSSR count). The fraction of sp³-hybridized carbons (Fsp3) is 0. The Balaban J connectivity index is 1.61. The predicted molar refractivity (Wildman–Crippen MR) is 104 cm³/mol. The molecule has 1 aromatic heterocycles. The molecule has 0 saturated carbocycles. The molecule has 1 aliphatic rings. The second-order valence-corrected chi connectivity index (χ2v) is 7.14. The SMILES string of the molecule is O=C1S/C(=C/c2ccc(-c3cccc(Cl)c3)o2)C(=O)N1c1ccc(F)cc1. The van der Waals surface area contributed by atoms with Crippen LogP contribution in [0.2, 0.25) is 5.02 Å². The van der Waals surface area contributed by atoms with Crippen LogP contribution in [0.3, 0.4) is 0 Å². The third kappa shape index (κ3) is 3.54. The maximum absolute atomic E-state index is 13.1. The zero-order valence-corrected chi connectivity index (χ0v) is 15.3. The van der Waals surface area contributed by atoms with Gasteiger partial charge in [0, 0.05) is 16.7 Å². The van der Waals surface area contributed by atoms with Crippen LogP contribution in [0.5, 0.6) is 0 Å². The molecular weight excluding hydrogens is 389 g/mol. The molecule has 0 spiro atoms. The van der Waals surface area contributed by atoms with E-state index in [2.05, 4.69) is 0 Å². The first-order chi connectivity index (χ1) is 13.0. The minimum absolute atomic E-state index is 0.233. The number of thioether (sulfide) groups is 1. The van der Waals surface area contributed by atoms with Gasteiger partial charge in [-0.3, -0.25) is 9.59 Å². The Labute approximate surface area is 163 Å². The summed E-state index contributed by atoms with van der Waals surface area (Å²) < 4.78 is 18.8. The lowest BCUT2D eigenvalue weighted by Crippen LogP contribution is -2.27. The van der Waals surface area contributed by atoms with E-state index in [4.69, 9.17) is 16.0 Å². The standard InChI is InChI=1S/C20H11ClFNO3S/c21-13-3-1-2-12(10-13)17-9-8-16(26-17)11-18-19(24)23(20(25)27-18)15-6-4-14(22)5-7-15/h1-11H/b18-11+. The van der Waals surface area contributed by atoms with Crippen molar-refractivity contribution in [2.45, 2.75) is 0 Å². The smallest absolute Gasteiger partial charge is 0.298 e. The Morgan fingerprint density at radius 2 is 1.81 bits per heavy atom. The summed E-state index contributed by atoms with van der Waals surface area (Å²) >= 11 is 6.80. The Hall–Kier alpha value is -2.83. The number of halogens is 2. The lowest BCUT2D eigenvalue weighted by Gasteiger charge is -2.11. The van der Waals surface area contributed by atoms with Crippen molar-refractivity contribution in [3.05, 3.63) is 82.2 Å². The predicted octanol–water partition coefficient (Wildman–Crippen LogP) is 5.98. The van der Waals surface area contributed by atoms with E-state index >= 15 is 0 Å². The van der Waals surface area contributed by atoms with Crippen LogP contribution in [0.4, 0.5) is 14.9 Å². The van der Waals surface area contributed by atoms with Gasteiger partial charge in [-0.15, -0.1) is 0 Å². The number of carbonyl (C=O) groups is 2. The van der Waals surface area contributed by atoms with E-state index in [0.29, 0.717) is 22.2 Å². The van der Waals surface area contributed by atoms with Crippen molar-refractivity contribution in [1.82, 2.24) is 0 Å². The monoisotopic (exact) mass is 399 g/mol. The van der Waals surface area contributed by atoms with Gasteiger partial charge in [0.15, 0.2) is 0 Å². The van der Waals surface area contributed by atoms with Crippen LogP contribution in [-0.4, -0.2) is 11.1 Å². The Bertz CT molecular complexity index is 1070. The number of anilines is 1. The van der Waals surface area contributed by atoms with Gasteiger partial charge in [-0.05, 0) is 60.3 Å². The summed E-state index contributed by atoms with van der Waals surface area (Å²) in [5.41, 5.74) is 1.13. The molecule has 0 unspecified atom stereocenters. The van der Waals surface area contributed by atoms with Crippen LogP contribution >= 0.6 is 23.4 Å². The van der Waals surface area contributed by atoms with Crippen molar-refractivity contribution in [2.24, 2.45) is 0 Å². The van der Waals surface area contributed by atoms with Gasteiger partial charge in [-0.2, -0.15) is 0 Å². The van der Waals surface area contributed by atoms with Crippen LogP contribution in [0.15, 0.2) is 70.0 Å². The average Bonchev–Trinajstić information content (AvgIpc) is 3.21. The maximum Gasteiger partial charge on any atom is 0.298 e. The second-order valence-electron chi connectivity index (χ2n) is 5.71. The average molecular weight is 400 g/mol. The van der Waals surface area contributed by atoms with Gasteiger partial charge in [-0.1, -0.05) is 23.7 Å². The molecule has 2 heterocycles. The minimum Gasteiger partial charge on any atom is -0.457 e. The van der Waals surface area contributed by atoms with E-state index in [1.54, 1.807) is 24.3 Å². The summed E-state index contributed by atoms with van der Waals surface area (Å²) in [5, 5.41) is 0.144. The van der Waals surface area contributed by atoms with Gasteiger partial charge in [0.1, 0.15) is 17.3 Å². The topological polar surface area (TPSA) is 50.5 Å². The highest BCUT2D eigenvalue weighted by Crippen LogP contribution is 2.36. The Kier molecular flexibility index (Phi) is 4.59. The molecule has 1 saturated heterocycles. The van der Waals surface area contributed by atoms with Crippen LogP contribution < -0.4 is 4.90 Å². The van der Waals surface area contributed by atoms with Gasteiger partial charge in [0.2, 0.25) is 0 Å². The third-order valence-electron chi connectivity index (χ3n) is 3.89. The van der Waals surface area contributed by atoms with E-state index in [1.807, 2.05) is 12.1 Å². The summed E-state index contributed by atoms with van der Waals surface area (Å²) in [7, 11) is 0. The number of amides is 2. The van der Waals surface area contributed by atoms with Crippen molar-refractivity contribution in [3.8, 4) is 11.3 Å². The molecule has 0 N–H and O–H groups in total. The lowest BCUT2D eigenvalue weighted by atomic mass is 10.2. The fourth-order valence-electron chi connectivity index (χ4n) is 2.64. The van der Waals surface area contributed by atoms with Crippen LogP contribution in [0.25, 0.3) is 17.4 Å².